The minimum atomic E-state index is -3.71. The van der Waals surface area contributed by atoms with Gasteiger partial charge in [0.1, 0.15) is 5.82 Å². The quantitative estimate of drug-likeness (QED) is 0.416. The van der Waals surface area contributed by atoms with Crippen LogP contribution in [0.5, 0.6) is 0 Å². The number of anilines is 1. The predicted octanol–water partition coefficient (Wildman–Crippen LogP) is 3.49. The van der Waals surface area contributed by atoms with Crippen molar-refractivity contribution in [1.29, 1.82) is 0 Å². The van der Waals surface area contributed by atoms with Crippen molar-refractivity contribution < 1.29 is 26.7 Å². The van der Waals surface area contributed by atoms with E-state index in [9.17, 15) is 17.2 Å². The van der Waals surface area contributed by atoms with Gasteiger partial charge in [0.05, 0.1) is 12.7 Å². The van der Waals surface area contributed by atoms with Crippen molar-refractivity contribution in [2.24, 2.45) is 0 Å². The van der Waals surface area contributed by atoms with Crippen molar-refractivity contribution in [3.63, 3.8) is 0 Å². The lowest BCUT2D eigenvalue weighted by atomic mass is 10.1. The second-order valence-electron chi connectivity index (χ2n) is 8.38. The van der Waals surface area contributed by atoms with Crippen molar-refractivity contribution >= 4 is 27.8 Å². The van der Waals surface area contributed by atoms with E-state index in [-0.39, 0.29) is 28.4 Å². The molecule has 2 aromatic rings. The number of benzene rings is 1. The van der Waals surface area contributed by atoms with Crippen LogP contribution in [0.15, 0.2) is 29.4 Å². The van der Waals surface area contributed by atoms with Gasteiger partial charge in [0, 0.05) is 36.2 Å². The number of aryl methyl sites for hydroxylation is 1. The van der Waals surface area contributed by atoms with E-state index in [0.717, 1.165) is 24.2 Å². The maximum absolute atomic E-state index is 14.0. The summed E-state index contributed by atoms with van der Waals surface area (Å²) in [6, 6.07) is 5.57. The second-order valence-corrected chi connectivity index (χ2v) is 11.0. The summed E-state index contributed by atoms with van der Waals surface area (Å²) in [5, 5.41) is 0.265. The van der Waals surface area contributed by atoms with Crippen LogP contribution in [0.3, 0.4) is 0 Å². The molecule has 0 amide bonds. The fourth-order valence-electron chi connectivity index (χ4n) is 3.46. The van der Waals surface area contributed by atoms with Crippen LogP contribution in [0.1, 0.15) is 37.9 Å². The predicted molar refractivity (Wildman–Crippen MR) is 120 cm³/mol. The number of thioether (sulfide) groups is 1. The molecular weight excluding hydrogens is 474 g/mol. The number of aromatic nitrogens is 2. The molecule has 8 nitrogen and oxygen atoms in total. The van der Waals surface area contributed by atoms with Gasteiger partial charge in [-0.25, -0.2) is 18.7 Å². The third kappa shape index (κ3) is 6.18. The summed E-state index contributed by atoms with van der Waals surface area (Å²) in [5.74, 6) is -2.24. The summed E-state index contributed by atoms with van der Waals surface area (Å²) < 4.78 is 67.8. The van der Waals surface area contributed by atoms with E-state index in [1.165, 1.54) is 16.4 Å². The molecule has 1 aromatic carbocycles. The number of hydrogen-bond acceptors (Lipinski definition) is 7. The first-order valence-electron chi connectivity index (χ1n) is 10.6. The van der Waals surface area contributed by atoms with Crippen LogP contribution in [-0.2, 0) is 31.9 Å². The Morgan fingerprint density at radius 1 is 1.27 bits per heavy atom. The number of nitrogens with one attached hydrogen (secondary N) is 1. The molecule has 2 fully saturated rings. The first-order valence-corrected chi connectivity index (χ1v) is 13.1. The maximum Gasteiger partial charge on any atom is 0.302 e. The highest BCUT2D eigenvalue weighted by Crippen LogP contribution is 2.27. The van der Waals surface area contributed by atoms with Crippen LogP contribution < -0.4 is 4.72 Å². The largest absolute Gasteiger partial charge is 0.348 e. The van der Waals surface area contributed by atoms with Crippen LogP contribution in [0.2, 0.25) is 0 Å². The van der Waals surface area contributed by atoms with E-state index in [1.807, 2.05) is 13.8 Å². The molecule has 12 heteroatoms. The van der Waals surface area contributed by atoms with Crippen LogP contribution in [-0.4, -0.2) is 54.3 Å². The Kier molecular flexibility index (Phi) is 7.20. The molecule has 0 radical (unpaired) electrons. The van der Waals surface area contributed by atoms with Crippen molar-refractivity contribution in [2.75, 3.05) is 24.4 Å². The molecule has 0 aliphatic carbocycles. The molecule has 1 aromatic heterocycles. The van der Waals surface area contributed by atoms with Gasteiger partial charge in [-0.1, -0.05) is 23.9 Å². The topological polar surface area (TPSA) is 93.7 Å². The third-order valence-corrected chi connectivity index (χ3v) is 7.73. The SMILES string of the molecule is CC1(C)OCC(CCc2cc(NS(=O)(=O)N3CCC3)nc(SCc3cccc(F)c3F)n2)O1. The zero-order valence-corrected chi connectivity index (χ0v) is 20.0. The lowest BCUT2D eigenvalue weighted by Crippen LogP contribution is -2.45. The van der Waals surface area contributed by atoms with E-state index in [2.05, 4.69) is 14.7 Å². The van der Waals surface area contributed by atoms with E-state index >= 15 is 0 Å². The lowest BCUT2D eigenvalue weighted by Gasteiger charge is -2.29. The Hall–Kier alpha value is -1.86. The molecule has 0 saturated carbocycles. The smallest absolute Gasteiger partial charge is 0.302 e. The minimum absolute atomic E-state index is 0.0964. The number of rotatable bonds is 9. The van der Waals surface area contributed by atoms with Gasteiger partial charge < -0.3 is 9.47 Å². The van der Waals surface area contributed by atoms with Crippen LogP contribution in [0.25, 0.3) is 0 Å². The second kappa shape index (κ2) is 9.79. The summed E-state index contributed by atoms with van der Waals surface area (Å²) in [4.78, 5) is 8.79. The Morgan fingerprint density at radius 3 is 2.73 bits per heavy atom. The van der Waals surface area contributed by atoms with E-state index in [1.54, 1.807) is 6.07 Å². The summed E-state index contributed by atoms with van der Waals surface area (Å²) in [5.41, 5.74) is 0.789. The average Bonchev–Trinajstić information content (AvgIpc) is 3.04. The number of halogens is 2. The van der Waals surface area contributed by atoms with Gasteiger partial charge in [-0.15, -0.1) is 0 Å². The highest BCUT2D eigenvalue weighted by Gasteiger charge is 2.32. The highest BCUT2D eigenvalue weighted by molar-refractivity contribution is 7.98. The highest BCUT2D eigenvalue weighted by atomic mass is 32.2. The normalized spacial score (nSPS) is 20.5. The first kappa shape index (κ1) is 24.3. The lowest BCUT2D eigenvalue weighted by molar-refractivity contribution is -0.138. The molecule has 4 rings (SSSR count). The fourth-order valence-corrected chi connectivity index (χ4v) is 5.55. The fraction of sp³-hybridized carbons (Fsp3) is 0.524. The molecule has 1 atom stereocenters. The van der Waals surface area contributed by atoms with Crippen molar-refractivity contribution in [2.45, 2.75) is 55.9 Å². The molecule has 1 unspecified atom stereocenters. The Balaban J connectivity index is 1.51. The molecule has 2 aliphatic heterocycles. The number of nitrogens with zero attached hydrogens (tertiary/aromatic N) is 3. The van der Waals surface area contributed by atoms with Gasteiger partial charge in [-0.3, -0.25) is 4.72 Å². The Bertz CT molecular complexity index is 1110. The van der Waals surface area contributed by atoms with Crippen LogP contribution in [0.4, 0.5) is 14.6 Å². The van der Waals surface area contributed by atoms with E-state index in [4.69, 9.17) is 9.47 Å². The van der Waals surface area contributed by atoms with E-state index in [0.29, 0.717) is 38.2 Å². The molecule has 0 bridgehead atoms. The van der Waals surface area contributed by atoms with Crippen LogP contribution >= 0.6 is 11.8 Å². The molecule has 33 heavy (non-hydrogen) atoms. The molecular formula is C21H26F2N4O4S2. The van der Waals surface area contributed by atoms with Crippen molar-refractivity contribution in [3.8, 4) is 0 Å². The monoisotopic (exact) mass is 500 g/mol. The third-order valence-electron chi connectivity index (χ3n) is 5.33. The summed E-state index contributed by atoms with van der Waals surface area (Å²) >= 11 is 1.10. The van der Waals surface area contributed by atoms with Crippen molar-refractivity contribution in [3.05, 3.63) is 47.2 Å². The van der Waals surface area contributed by atoms with Gasteiger partial charge in [0.2, 0.25) is 0 Å². The van der Waals surface area contributed by atoms with Gasteiger partial charge in [-0.05, 0) is 39.2 Å². The average molecular weight is 501 g/mol. The number of hydrogen-bond donors (Lipinski definition) is 1. The Labute approximate surface area is 196 Å². The standard InChI is InChI=1S/C21H26F2N4O4S2/c1-21(2)30-12-16(31-21)8-7-15-11-18(26-33(28,29)27-9-4-10-27)25-20(24-15)32-13-14-5-3-6-17(22)19(14)23/h3,5-6,11,16H,4,7-10,12-13H2,1-2H3,(H,24,25,26). The summed E-state index contributed by atoms with van der Waals surface area (Å²) in [6.07, 6.45) is 1.85. The minimum Gasteiger partial charge on any atom is -0.348 e. The molecule has 2 saturated heterocycles. The molecule has 0 spiro atoms. The number of ether oxygens (including phenoxy) is 2. The van der Waals surface area contributed by atoms with Gasteiger partial charge in [0.15, 0.2) is 22.6 Å². The van der Waals surface area contributed by atoms with Gasteiger partial charge >= 0.3 is 10.2 Å². The zero-order valence-electron chi connectivity index (χ0n) is 18.4. The zero-order chi connectivity index (χ0) is 23.6. The maximum atomic E-state index is 14.0. The molecule has 1 N–H and O–H groups in total. The van der Waals surface area contributed by atoms with Gasteiger partial charge in [0.25, 0.3) is 0 Å². The van der Waals surface area contributed by atoms with E-state index < -0.39 is 27.6 Å². The van der Waals surface area contributed by atoms with Gasteiger partial charge in [-0.2, -0.15) is 12.7 Å². The molecule has 2 aliphatic rings. The molecule has 180 valence electrons. The van der Waals surface area contributed by atoms with Crippen molar-refractivity contribution in [1.82, 2.24) is 14.3 Å². The summed E-state index contributed by atoms with van der Waals surface area (Å²) in [6.45, 7) is 5.08. The summed E-state index contributed by atoms with van der Waals surface area (Å²) in [7, 11) is -3.71. The first-order chi connectivity index (χ1) is 15.6. The molecule has 3 heterocycles. The Morgan fingerprint density at radius 2 is 2.06 bits per heavy atom. The van der Waals surface area contributed by atoms with Crippen LogP contribution in [0, 0.1) is 11.6 Å².